The van der Waals surface area contributed by atoms with E-state index >= 15 is 0 Å². The topological polar surface area (TPSA) is 24.1 Å². The van der Waals surface area contributed by atoms with Gasteiger partial charge in [0.2, 0.25) is 0 Å². The van der Waals surface area contributed by atoms with Gasteiger partial charge in [0.05, 0.1) is 0 Å². The number of rotatable bonds is 6. The van der Waals surface area contributed by atoms with Crippen LogP contribution in [-0.2, 0) is 0 Å². The van der Waals surface area contributed by atoms with Gasteiger partial charge in [0.25, 0.3) is 0 Å². The first kappa shape index (κ1) is 11.0. The summed E-state index contributed by atoms with van der Waals surface area (Å²) in [4.78, 5) is 0. The van der Waals surface area contributed by atoms with E-state index in [1.54, 1.807) is 0 Å². The lowest BCUT2D eigenvalue weighted by Crippen LogP contribution is -2.30. The van der Waals surface area contributed by atoms with Crippen LogP contribution < -0.4 is 10.6 Å². The summed E-state index contributed by atoms with van der Waals surface area (Å²) >= 11 is 0. The molecular formula is C11H24N2. The molecular weight excluding hydrogens is 160 g/mol. The van der Waals surface area contributed by atoms with E-state index in [0.29, 0.717) is 0 Å². The van der Waals surface area contributed by atoms with Gasteiger partial charge in [0.1, 0.15) is 0 Å². The minimum atomic E-state index is 0.956. The van der Waals surface area contributed by atoms with E-state index in [2.05, 4.69) is 17.6 Å². The minimum absolute atomic E-state index is 0.956. The maximum Gasteiger partial charge on any atom is -0.00205 e. The van der Waals surface area contributed by atoms with Crippen LogP contribution in [-0.4, -0.2) is 26.2 Å². The van der Waals surface area contributed by atoms with Crippen molar-refractivity contribution in [3.8, 4) is 0 Å². The van der Waals surface area contributed by atoms with Gasteiger partial charge < -0.3 is 10.6 Å². The molecule has 0 radical (unpaired) electrons. The fourth-order valence-electron chi connectivity index (χ4n) is 1.99. The molecule has 0 bridgehead atoms. The molecule has 1 aliphatic heterocycles. The quantitative estimate of drug-likeness (QED) is 0.615. The molecule has 1 saturated heterocycles. The van der Waals surface area contributed by atoms with E-state index in [0.717, 1.165) is 5.92 Å². The Morgan fingerprint density at radius 3 is 3.00 bits per heavy atom. The van der Waals surface area contributed by atoms with Crippen LogP contribution in [0.2, 0.25) is 0 Å². The Kier molecular flexibility index (Phi) is 6.21. The van der Waals surface area contributed by atoms with Gasteiger partial charge in [-0.2, -0.15) is 0 Å². The van der Waals surface area contributed by atoms with E-state index in [1.165, 1.54) is 58.3 Å². The summed E-state index contributed by atoms with van der Waals surface area (Å²) in [6.45, 7) is 7.11. The molecule has 0 aromatic rings. The van der Waals surface area contributed by atoms with Crippen LogP contribution in [0, 0.1) is 5.92 Å². The van der Waals surface area contributed by atoms with E-state index in [1.807, 2.05) is 0 Å². The molecule has 1 heterocycles. The highest BCUT2D eigenvalue weighted by Gasteiger charge is 2.11. The van der Waals surface area contributed by atoms with Crippen molar-refractivity contribution in [3.05, 3.63) is 0 Å². The van der Waals surface area contributed by atoms with Crippen molar-refractivity contribution in [2.24, 2.45) is 5.92 Å². The highest BCUT2D eigenvalue weighted by Crippen LogP contribution is 2.15. The van der Waals surface area contributed by atoms with Gasteiger partial charge in [-0.3, -0.25) is 0 Å². The second-order valence-electron chi connectivity index (χ2n) is 4.10. The first-order valence-electron chi connectivity index (χ1n) is 5.85. The van der Waals surface area contributed by atoms with Gasteiger partial charge >= 0.3 is 0 Å². The second kappa shape index (κ2) is 7.34. The van der Waals surface area contributed by atoms with Crippen molar-refractivity contribution >= 4 is 0 Å². The fourth-order valence-corrected chi connectivity index (χ4v) is 1.99. The van der Waals surface area contributed by atoms with Crippen LogP contribution in [0.5, 0.6) is 0 Å². The molecule has 1 fully saturated rings. The Bertz CT molecular complexity index is 109. The Hall–Kier alpha value is -0.0800. The Morgan fingerprint density at radius 1 is 1.38 bits per heavy atom. The molecule has 2 N–H and O–H groups in total. The van der Waals surface area contributed by atoms with Crippen LogP contribution >= 0.6 is 0 Å². The fraction of sp³-hybridized carbons (Fsp3) is 1.00. The standard InChI is InChI=1S/C11H24N2/c1-2-7-12-8-3-5-11-6-4-9-13-10-11/h11-13H,2-10H2,1H3. The average Bonchev–Trinajstić information content (AvgIpc) is 2.19. The smallest absolute Gasteiger partial charge is 0.00205 e. The predicted molar refractivity (Wildman–Crippen MR) is 58.0 cm³/mol. The van der Waals surface area contributed by atoms with E-state index in [9.17, 15) is 0 Å². The summed E-state index contributed by atoms with van der Waals surface area (Å²) in [6.07, 6.45) is 6.84. The van der Waals surface area contributed by atoms with Gasteiger partial charge in [-0.25, -0.2) is 0 Å². The number of nitrogens with one attached hydrogen (secondary N) is 2. The Labute approximate surface area is 82.5 Å². The van der Waals surface area contributed by atoms with Crippen LogP contribution in [0.1, 0.15) is 39.0 Å². The Morgan fingerprint density at radius 2 is 2.31 bits per heavy atom. The third-order valence-electron chi connectivity index (χ3n) is 2.79. The maximum absolute atomic E-state index is 3.47. The monoisotopic (exact) mass is 184 g/mol. The van der Waals surface area contributed by atoms with Crippen LogP contribution in [0.25, 0.3) is 0 Å². The second-order valence-corrected chi connectivity index (χ2v) is 4.10. The van der Waals surface area contributed by atoms with Crippen molar-refractivity contribution in [1.29, 1.82) is 0 Å². The third-order valence-corrected chi connectivity index (χ3v) is 2.79. The van der Waals surface area contributed by atoms with Crippen LogP contribution in [0.15, 0.2) is 0 Å². The predicted octanol–water partition coefficient (Wildman–Crippen LogP) is 1.77. The van der Waals surface area contributed by atoms with Gasteiger partial charge in [0.15, 0.2) is 0 Å². The lowest BCUT2D eigenvalue weighted by molar-refractivity contribution is 0.348. The zero-order valence-electron chi connectivity index (χ0n) is 8.94. The van der Waals surface area contributed by atoms with Crippen LogP contribution in [0.3, 0.4) is 0 Å². The molecule has 13 heavy (non-hydrogen) atoms. The number of piperidine rings is 1. The van der Waals surface area contributed by atoms with Gasteiger partial charge in [-0.15, -0.1) is 0 Å². The largest absolute Gasteiger partial charge is 0.317 e. The normalized spacial score (nSPS) is 23.3. The molecule has 78 valence electrons. The summed E-state index contributed by atoms with van der Waals surface area (Å²) < 4.78 is 0. The molecule has 1 aliphatic rings. The Balaban J connectivity index is 1.86. The first-order chi connectivity index (χ1) is 6.43. The zero-order chi connectivity index (χ0) is 9.36. The molecule has 0 amide bonds. The zero-order valence-corrected chi connectivity index (χ0v) is 8.94. The van der Waals surface area contributed by atoms with Gasteiger partial charge in [0, 0.05) is 0 Å². The summed E-state index contributed by atoms with van der Waals surface area (Å²) in [6, 6.07) is 0. The van der Waals surface area contributed by atoms with Crippen molar-refractivity contribution in [2.75, 3.05) is 26.2 Å². The summed E-state index contributed by atoms with van der Waals surface area (Å²) in [7, 11) is 0. The first-order valence-corrected chi connectivity index (χ1v) is 5.85. The van der Waals surface area contributed by atoms with Crippen LogP contribution in [0.4, 0.5) is 0 Å². The van der Waals surface area contributed by atoms with E-state index < -0.39 is 0 Å². The number of hydrogen-bond donors (Lipinski definition) is 2. The van der Waals surface area contributed by atoms with Crippen molar-refractivity contribution < 1.29 is 0 Å². The molecule has 2 heteroatoms. The van der Waals surface area contributed by atoms with Crippen molar-refractivity contribution in [1.82, 2.24) is 10.6 Å². The lowest BCUT2D eigenvalue weighted by Gasteiger charge is -2.22. The summed E-state index contributed by atoms with van der Waals surface area (Å²) in [5, 5.41) is 6.92. The number of hydrogen-bond acceptors (Lipinski definition) is 2. The molecule has 0 spiro atoms. The molecule has 1 unspecified atom stereocenters. The average molecular weight is 184 g/mol. The van der Waals surface area contributed by atoms with Crippen molar-refractivity contribution in [2.45, 2.75) is 39.0 Å². The lowest BCUT2D eigenvalue weighted by atomic mass is 9.95. The molecule has 0 aromatic carbocycles. The van der Waals surface area contributed by atoms with Crippen molar-refractivity contribution in [3.63, 3.8) is 0 Å². The summed E-state index contributed by atoms with van der Waals surface area (Å²) in [5.41, 5.74) is 0. The molecule has 1 atom stereocenters. The summed E-state index contributed by atoms with van der Waals surface area (Å²) in [5.74, 6) is 0.956. The maximum atomic E-state index is 3.47. The third kappa shape index (κ3) is 5.27. The highest BCUT2D eigenvalue weighted by atomic mass is 14.9. The van der Waals surface area contributed by atoms with Gasteiger partial charge in [-0.1, -0.05) is 6.92 Å². The van der Waals surface area contributed by atoms with Gasteiger partial charge in [-0.05, 0) is 64.2 Å². The highest BCUT2D eigenvalue weighted by molar-refractivity contribution is 4.69. The SMILES string of the molecule is CCCNCCCC1CCCNC1. The van der Waals surface area contributed by atoms with E-state index in [-0.39, 0.29) is 0 Å². The van der Waals surface area contributed by atoms with E-state index in [4.69, 9.17) is 0 Å². The molecule has 0 aromatic heterocycles. The molecule has 0 saturated carbocycles. The minimum Gasteiger partial charge on any atom is -0.317 e. The molecule has 2 nitrogen and oxygen atoms in total. The molecule has 0 aliphatic carbocycles. The molecule has 1 rings (SSSR count).